The van der Waals surface area contributed by atoms with Crippen LogP contribution in [-0.4, -0.2) is 42.0 Å². The summed E-state index contributed by atoms with van der Waals surface area (Å²) in [5, 5.41) is 0. The van der Waals surface area contributed by atoms with Gasteiger partial charge < -0.3 is 9.80 Å². The summed E-state index contributed by atoms with van der Waals surface area (Å²) in [6.07, 6.45) is 6.07. The third kappa shape index (κ3) is 3.62. The van der Waals surface area contributed by atoms with Crippen molar-refractivity contribution in [3.63, 3.8) is 0 Å². The van der Waals surface area contributed by atoms with Gasteiger partial charge in [-0.2, -0.15) is 0 Å². The molecule has 0 radical (unpaired) electrons. The molecule has 0 atom stereocenters. The van der Waals surface area contributed by atoms with Gasteiger partial charge in [-0.25, -0.2) is 4.79 Å². The molecule has 1 aliphatic carbocycles. The highest BCUT2D eigenvalue weighted by Crippen LogP contribution is 2.30. The van der Waals surface area contributed by atoms with Crippen molar-refractivity contribution in [2.24, 2.45) is 11.8 Å². The summed E-state index contributed by atoms with van der Waals surface area (Å²) in [5.41, 5.74) is 0. The molecule has 2 fully saturated rings. The van der Waals surface area contributed by atoms with Crippen LogP contribution in [-0.2, 0) is 0 Å². The van der Waals surface area contributed by atoms with E-state index in [0.717, 1.165) is 44.4 Å². The molecule has 0 spiro atoms. The van der Waals surface area contributed by atoms with Crippen molar-refractivity contribution in [2.75, 3.05) is 26.2 Å². The Balaban J connectivity index is 1.85. The maximum absolute atomic E-state index is 12.4. The van der Waals surface area contributed by atoms with Crippen LogP contribution in [0.2, 0.25) is 0 Å². The lowest BCUT2D eigenvalue weighted by atomic mass is 9.99. The molecule has 0 N–H and O–H groups in total. The van der Waals surface area contributed by atoms with Gasteiger partial charge in [0.05, 0.1) is 0 Å². The van der Waals surface area contributed by atoms with Gasteiger partial charge in [-0.05, 0) is 43.9 Å². The van der Waals surface area contributed by atoms with Crippen molar-refractivity contribution in [1.82, 2.24) is 9.80 Å². The molecule has 1 saturated carbocycles. The van der Waals surface area contributed by atoms with E-state index in [-0.39, 0.29) is 0 Å². The lowest BCUT2D eigenvalue weighted by molar-refractivity contribution is 0.133. The maximum atomic E-state index is 12.4. The number of hydrogen-bond donors (Lipinski definition) is 0. The minimum atomic E-state index is 0.297. The van der Waals surface area contributed by atoms with Crippen LogP contribution in [0.25, 0.3) is 0 Å². The Morgan fingerprint density at radius 1 is 1.24 bits per heavy atom. The molecule has 2 rings (SSSR count). The lowest BCUT2D eigenvalue weighted by Gasteiger charge is -2.35. The fourth-order valence-electron chi connectivity index (χ4n) is 2.55. The summed E-state index contributed by atoms with van der Waals surface area (Å²) in [7, 11) is 0. The predicted molar refractivity (Wildman–Crippen MR) is 70.0 cm³/mol. The zero-order valence-corrected chi connectivity index (χ0v) is 11.3. The van der Waals surface area contributed by atoms with Crippen LogP contribution < -0.4 is 0 Å². The number of carbonyl (C=O) groups is 1. The van der Waals surface area contributed by atoms with Crippen molar-refractivity contribution in [3.05, 3.63) is 0 Å². The normalized spacial score (nSPS) is 21.6. The maximum Gasteiger partial charge on any atom is 0.320 e. The SMILES string of the molecule is CCCN(CC1CC1)C(=O)N1CCC(C)CC1. The molecule has 1 aliphatic heterocycles. The highest BCUT2D eigenvalue weighted by atomic mass is 16.2. The van der Waals surface area contributed by atoms with E-state index in [9.17, 15) is 4.79 Å². The van der Waals surface area contributed by atoms with Gasteiger partial charge in [-0.1, -0.05) is 13.8 Å². The average molecular weight is 238 g/mol. The predicted octanol–water partition coefficient (Wildman–Crippen LogP) is 2.96. The number of nitrogens with zero attached hydrogens (tertiary/aromatic N) is 2. The smallest absolute Gasteiger partial charge is 0.320 e. The third-order valence-electron chi connectivity index (χ3n) is 3.99. The molecule has 2 aliphatic rings. The van der Waals surface area contributed by atoms with Crippen molar-refractivity contribution in [1.29, 1.82) is 0 Å². The number of hydrogen-bond acceptors (Lipinski definition) is 1. The summed E-state index contributed by atoms with van der Waals surface area (Å²) in [4.78, 5) is 16.6. The second-order valence-corrected chi connectivity index (χ2v) is 5.84. The monoisotopic (exact) mass is 238 g/mol. The molecule has 3 heteroatoms. The number of urea groups is 1. The van der Waals surface area contributed by atoms with Crippen molar-refractivity contribution in [2.45, 2.75) is 46.0 Å². The molecule has 0 bridgehead atoms. The second kappa shape index (κ2) is 5.74. The van der Waals surface area contributed by atoms with Crippen LogP contribution in [0.1, 0.15) is 46.0 Å². The Kier molecular flexibility index (Phi) is 4.30. The van der Waals surface area contributed by atoms with Crippen LogP contribution in [0.15, 0.2) is 0 Å². The van der Waals surface area contributed by atoms with Gasteiger partial charge in [0.25, 0.3) is 0 Å². The Morgan fingerprint density at radius 2 is 1.88 bits per heavy atom. The fraction of sp³-hybridized carbons (Fsp3) is 0.929. The molecule has 0 aromatic heterocycles. The summed E-state index contributed by atoms with van der Waals surface area (Å²) in [5.74, 6) is 1.59. The van der Waals surface area contributed by atoms with E-state index in [4.69, 9.17) is 0 Å². The number of likely N-dealkylation sites (tertiary alicyclic amines) is 1. The second-order valence-electron chi connectivity index (χ2n) is 5.84. The minimum Gasteiger partial charge on any atom is -0.325 e. The van der Waals surface area contributed by atoms with Crippen LogP contribution >= 0.6 is 0 Å². The molecule has 0 unspecified atom stereocenters. The van der Waals surface area contributed by atoms with Crippen molar-refractivity contribution in [3.8, 4) is 0 Å². The highest BCUT2D eigenvalue weighted by Gasteiger charge is 2.29. The minimum absolute atomic E-state index is 0.297. The van der Waals surface area contributed by atoms with Crippen molar-refractivity contribution < 1.29 is 4.79 Å². The van der Waals surface area contributed by atoms with E-state index < -0.39 is 0 Å². The Labute approximate surface area is 105 Å². The van der Waals surface area contributed by atoms with Crippen LogP contribution in [0, 0.1) is 11.8 Å². The van der Waals surface area contributed by atoms with Gasteiger partial charge >= 0.3 is 6.03 Å². The summed E-state index contributed by atoms with van der Waals surface area (Å²) in [6, 6.07) is 0.297. The van der Waals surface area contributed by atoms with Crippen LogP contribution in [0.3, 0.4) is 0 Å². The molecule has 3 nitrogen and oxygen atoms in total. The van der Waals surface area contributed by atoms with Gasteiger partial charge in [0.1, 0.15) is 0 Å². The first-order valence-electron chi connectivity index (χ1n) is 7.24. The molecule has 98 valence electrons. The van der Waals surface area contributed by atoms with E-state index >= 15 is 0 Å². The van der Waals surface area contributed by atoms with E-state index in [1.54, 1.807) is 0 Å². The molecule has 0 aromatic rings. The van der Waals surface area contributed by atoms with Gasteiger partial charge in [-0.15, -0.1) is 0 Å². The molecule has 0 aromatic carbocycles. The summed E-state index contributed by atoms with van der Waals surface area (Å²) >= 11 is 0. The first kappa shape index (κ1) is 12.7. The Bertz CT molecular complexity index is 255. The number of carbonyl (C=O) groups excluding carboxylic acids is 1. The van der Waals surface area contributed by atoms with E-state index in [2.05, 4.69) is 23.6 Å². The molecule has 17 heavy (non-hydrogen) atoms. The highest BCUT2D eigenvalue weighted by molar-refractivity contribution is 5.74. The van der Waals surface area contributed by atoms with Gasteiger partial charge in [0.2, 0.25) is 0 Å². The molecular weight excluding hydrogens is 212 g/mol. The third-order valence-corrected chi connectivity index (χ3v) is 3.99. The number of piperidine rings is 1. The number of amides is 2. The average Bonchev–Trinajstić information content (AvgIpc) is 3.13. The zero-order valence-electron chi connectivity index (χ0n) is 11.3. The molecule has 1 heterocycles. The topological polar surface area (TPSA) is 23.6 Å². The Morgan fingerprint density at radius 3 is 2.41 bits per heavy atom. The van der Waals surface area contributed by atoms with E-state index in [1.165, 1.54) is 25.7 Å². The van der Waals surface area contributed by atoms with Crippen LogP contribution in [0.4, 0.5) is 4.79 Å². The quantitative estimate of drug-likeness (QED) is 0.738. The fourth-order valence-corrected chi connectivity index (χ4v) is 2.55. The van der Waals surface area contributed by atoms with E-state index in [1.807, 2.05) is 0 Å². The van der Waals surface area contributed by atoms with E-state index in [0.29, 0.717) is 6.03 Å². The first-order valence-corrected chi connectivity index (χ1v) is 7.24. The summed E-state index contributed by atoms with van der Waals surface area (Å²) in [6.45, 7) is 8.30. The summed E-state index contributed by atoms with van der Waals surface area (Å²) < 4.78 is 0. The number of rotatable bonds is 4. The molecular formula is C14H26N2O. The molecule has 1 saturated heterocycles. The Hall–Kier alpha value is -0.730. The standard InChI is InChI=1S/C14H26N2O/c1-3-8-16(11-13-4-5-13)14(17)15-9-6-12(2)7-10-15/h12-13H,3-11H2,1-2H3. The largest absolute Gasteiger partial charge is 0.325 e. The van der Waals surface area contributed by atoms with Crippen LogP contribution in [0.5, 0.6) is 0 Å². The zero-order chi connectivity index (χ0) is 12.3. The van der Waals surface area contributed by atoms with Gasteiger partial charge in [-0.3, -0.25) is 0 Å². The van der Waals surface area contributed by atoms with Gasteiger partial charge in [0.15, 0.2) is 0 Å². The van der Waals surface area contributed by atoms with Gasteiger partial charge in [0, 0.05) is 26.2 Å². The lowest BCUT2D eigenvalue weighted by Crippen LogP contribution is -2.47. The first-order chi connectivity index (χ1) is 8.20. The van der Waals surface area contributed by atoms with Crippen molar-refractivity contribution >= 4 is 6.03 Å². The molecule has 2 amide bonds.